The van der Waals surface area contributed by atoms with Gasteiger partial charge in [-0.2, -0.15) is 0 Å². The van der Waals surface area contributed by atoms with Crippen LogP contribution in [-0.4, -0.2) is 11.7 Å². The van der Waals surface area contributed by atoms with Crippen LogP contribution < -0.4 is 5.32 Å². The van der Waals surface area contributed by atoms with Crippen molar-refractivity contribution in [3.05, 3.63) is 65.0 Å². The van der Waals surface area contributed by atoms with Crippen LogP contribution in [0.4, 0.5) is 4.39 Å². The summed E-state index contributed by atoms with van der Waals surface area (Å²) in [6, 6.07) is 12.3. The Balaban J connectivity index is 1.89. The molecule has 0 amide bonds. The highest BCUT2D eigenvalue weighted by Gasteiger charge is 2.22. The summed E-state index contributed by atoms with van der Waals surface area (Å²) in [5.74, 6) is 0.125. The van der Waals surface area contributed by atoms with Gasteiger partial charge in [-0.05, 0) is 48.7 Å². The van der Waals surface area contributed by atoms with Crippen LogP contribution in [0.1, 0.15) is 22.7 Å². The molecule has 2 aromatic carbocycles. The number of phenolic OH excluding ortho intramolecular Hbond substituents is 1. The first-order chi connectivity index (χ1) is 9.24. The predicted molar refractivity (Wildman–Crippen MR) is 72.7 cm³/mol. The fourth-order valence-corrected chi connectivity index (χ4v) is 2.73. The van der Waals surface area contributed by atoms with Gasteiger partial charge >= 0.3 is 0 Å². The standard InChI is InChI=1S/C16H16FNO/c17-13-6-4-11(5-7-13)10-14-16-12(8-9-18-14)2-1-3-15(16)19/h1-7,14,18-19H,8-10H2. The van der Waals surface area contributed by atoms with Crippen molar-refractivity contribution in [2.45, 2.75) is 18.9 Å². The van der Waals surface area contributed by atoms with E-state index in [1.54, 1.807) is 18.2 Å². The molecule has 1 aliphatic heterocycles. The highest BCUT2D eigenvalue weighted by atomic mass is 19.1. The van der Waals surface area contributed by atoms with E-state index in [0.717, 1.165) is 30.5 Å². The smallest absolute Gasteiger partial charge is 0.123 e. The molecule has 1 atom stereocenters. The van der Waals surface area contributed by atoms with Crippen molar-refractivity contribution in [2.24, 2.45) is 0 Å². The number of rotatable bonds is 2. The van der Waals surface area contributed by atoms with Crippen molar-refractivity contribution in [1.82, 2.24) is 5.32 Å². The molecular weight excluding hydrogens is 241 g/mol. The summed E-state index contributed by atoms with van der Waals surface area (Å²) in [7, 11) is 0. The number of aromatic hydroxyl groups is 1. The van der Waals surface area contributed by atoms with Crippen molar-refractivity contribution in [3.8, 4) is 5.75 Å². The molecule has 0 aromatic heterocycles. The van der Waals surface area contributed by atoms with Gasteiger partial charge in [0.1, 0.15) is 11.6 Å². The molecule has 0 aliphatic carbocycles. The van der Waals surface area contributed by atoms with Crippen molar-refractivity contribution in [1.29, 1.82) is 0 Å². The van der Waals surface area contributed by atoms with Gasteiger partial charge in [0, 0.05) is 11.6 Å². The lowest BCUT2D eigenvalue weighted by atomic mass is 9.89. The molecule has 0 saturated heterocycles. The minimum atomic E-state index is -0.219. The van der Waals surface area contributed by atoms with Crippen LogP contribution in [-0.2, 0) is 12.8 Å². The number of fused-ring (bicyclic) bond motifs is 1. The molecule has 98 valence electrons. The second-order valence-electron chi connectivity index (χ2n) is 4.94. The molecule has 2 nitrogen and oxygen atoms in total. The molecule has 1 heterocycles. The lowest BCUT2D eigenvalue weighted by molar-refractivity contribution is 0.431. The quantitative estimate of drug-likeness (QED) is 0.867. The molecule has 3 rings (SSSR count). The summed E-state index contributed by atoms with van der Waals surface area (Å²) in [5, 5.41) is 13.5. The van der Waals surface area contributed by atoms with Gasteiger partial charge in [0.15, 0.2) is 0 Å². The number of hydrogen-bond donors (Lipinski definition) is 2. The van der Waals surface area contributed by atoms with Gasteiger partial charge in [0.2, 0.25) is 0 Å². The van der Waals surface area contributed by atoms with Crippen LogP contribution in [0.2, 0.25) is 0 Å². The van der Waals surface area contributed by atoms with E-state index in [4.69, 9.17) is 0 Å². The van der Waals surface area contributed by atoms with E-state index >= 15 is 0 Å². The average Bonchev–Trinajstić information content (AvgIpc) is 2.42. The maximum atomic E-state index is 12.9. The summed E-state index contributed by atoms with van der Waals surface area (Å²) in [6.45, 7) is 0.905. The summed E-state index contributed by atoms with van der Waals surface area (Å²) in [4.78, 5) is 0. The van der Waals surface area contributed by atoms with Crippen molar-refractivity contribution < 1.29 is 9.50 Å². The Morgan fingerprint density at radius 3 is 2.74 bits per heavy atom. The average molecular weight is 257 g/mol. The van der Waals surface area contributed by atoms with Crippen molar-refractivity contribution in [2.75, 3.05) is 6.54 Å². The van der Waals surface area contributed by atoms with Crippen molar-refractivity contribution >= 4 is 0 Å². The van der Waals surface area contributed by atoms with Gasteiger partial charge in [-0.3, -0.25) is 0 Å². The monoisotopic (exact) mass is 257 g/mol. The number of benzene rings is 2. The highest BCUT2D eigenvalue weighted by molar-refractivity contribution is 5.44. The summed E-state index contributed by atoms with van der Waals surface area (Å²) in [5.41, 5.74) is 3.25. The molecule has 19 heavy (non-hydrogen) atoms. The van der Waals surface area contributed by atoms with Gasteiger partial charge in [-0.25, -0.2) is 4.39 Å². The fraction of sp³-hybridized carbons (Fsp3) is 0.250. The summed E-state index contributed by atoms with van der Waals surface area (Å²) < 4.78 is 12.9. The molecular formula is C16H16FNO. The largest absolute Gasteiger partial charge is 0.508 e. The van der Waals surface area contributed by atoms with Gasteiger partial charge in [-0.1, -0.05) is 24.3 Å². The third kappa shape index (κ3) is 2.47. The first-order valence-electron chi connectivity index (χ1n) is 6.52. The summed E-state index contributed by atoms with van der Waals surface area (Å²) in [6.07, 6.45) is 1.69. The van der Waals surface area contributed by atoms with Crippen LogP contribution in [0.25, 0.3) is 0 Å². The van der Waals surface area contributed by atoms with E-state index < -0.39 is 0 Å². The zero-order valence-electron chi connectivity index (χ0n) is 10.6. The van der Waals surface area contributed by atoms with Gasteiger partial charge in [-0.15, -0.1) is 0 Å². The zero-order valence-corrected chi connectivity index (χ0v) is 10.6. The highest BCUT2D eigenvalue weighted by Crippen LogP contribution is 2.32. The maximum absolute atomic E-state index is 12.9. The fourth-order valence-electron chi connectivity index (χ4n) is 2.73. The van der Waals surface area contributed by atoms with Gasteiger partial charge in [0.05, 0.1) is 0 Å². The second-order valence-corrected chi connectivity index (χ2v) is 4.94. The number of nitrogens with one attached hydrogen (secondary N) is 1. The van der Waals surface area contributed by atoms with E-state index in [1.165, 1.54) is 17.7 Å². The molecule has 0 saturated carbocycles. The molecule has 3 heteroatoms. The third-order valence-electron chi connectivity index (χ3n) is 3.66. The van der Waals surface area contributed by atoms with E-state index in [-0.39, 0.29) is 11.9 Å². The van der Waals surface area contributed by atoms with E-state index in [0.29, 0.717) is 5.75 Å². The maximum Gasteiger partial charge on any atom is 0.123 e. The minimum Gasteiger partial charge on any atom is -0.508 e. The zero-order chi connectivity index (χ0) is 13.2. The molecule has 2 aromatic rings. The van der Waals surface area contributed by atoms with Crippen LogP contribution >= 0.6 is 0 Å². The van der Waals surface area contributed by atoms with E-state index in [2.05, 4.69) is 11.4 Å². The number of halogens is 1. The molecule has 0 bridgehead atoms. The molecule has 2 N–H and O–H groups in total. The van der Waals surface area contributed by atoms with Gasteiger partial charge in [0.25, 0.3) is 0 Å². The SMILES string of the molecule is Oc1cccc2c1C(Cc1ccc(F)cc1)NCC2. The van der Waals surface area contributed by atoms with Crippen LogP contribution in [0.3, 0.4) is 0 Å². The van der Waals surface area contributed by atoms with Crippen LogP contribution in [0, 0.1) is 5.82 Å². The lowest BCUT2D eigenvalue weighted by Gasteiger charge is -2.27. The Morgan fingerprint density at radius 2 is 1.95 bits per heavy atom. The number of hydrogen-bond acceptors (Lipinski definition) is 2. The lowest BCUT2D eigenvalue weighted by Crippen LogP contribution is -2.31. The van der Waals surface area contributed by atoms with E-state index in [1.807, 2.05) is 6.07 Å². The second kappa shape index (κ2) is 5.02. The van der Waals surface area contributed by atoms with Gasteiger partial charge < -0.3 is 10.4 Å². The molecule has 0 radical (unpaired) electrons. The Kier molecular flexibility index (Phi) is 3.22. The Labute approximate surface area is 111 Å². The Morgan fingerprint density at radius 1 is 1.16 bits per heavy atom. The molecule has 1 unspecified atom stereocenters. The van der Waals surface area contributed by atoms with Crippen LogP contribution in [0.15, 0.2) is 42.5 Å². The number of phenols is 1. The normalized spacial score (nSPS) is 18.1. The first kappa shape index (κ1) is 12.2. The topological polar surface area (TPSA) is 32.3 Å². The predicted octanol–water partition coefficient (Wildman–Crippen LogP) is 2.96. The minimum absolute atomic E-state index is 0.0930. The Bertz CT molecular complexity index is 580. The Hall–Kier alpha value is -1.87. The molecule has 0 spiro atoms. The summed E-state index contributed by atoms with van der Waals surface area (Å²) >= 11 is 0. The first-order valence-corrected chi connectivity index (χ1v) is 6.52. The van der Waals surface area contributed by atoms with E-state index in [9.17, 15) is 9.50 Å². The van der Waals surface area contributed by atoms with Crippen molar-refractivity contribution in [3.63, 3.8) is 0 Å². The third-order valence-corrected chi connectivity index (χ3v) is 3.66. The van der Waals surface area contributed by atoms with Crippen LogP contribution in [0.5, 0.6) is 5.75 Å². The molecule has 0 fully saturated rings. The molecule has 1 aliphatic rings.